The highest BCUT2D eigenvalue weighted by molar-refractivity contribution is 5.86. The van der Waals surface area contributed by atoms with Crippen LogP contribution in [0, 0.1) is 0 Å². The topological polar surface area (TPSA) is 95.7 Å². The summed E-state index contributed by atoms with van der Waals surface area (Å²) in [6, 6.07) is 0.717. The van der Waals surface area contributed by atoms with E-state index >= 15 is 0 Å². The smallest absolute Gasteiger partial charge is 0.224 e. The van der Waals surface area contributed by atoms with Gasteiger partial charge < -0.3 is 16.0 Å². The van der Waals surface area contributed by atoms with Gasteiger partial charge in [0.15, 0.2) is 5.65 Å². The fraction of sp³-hybridized carbons (Fsp3) is 0.643. The highest BCUT2D eigenvalue weighted by Crippen LogP contribution is 2.19. The molecule has 4 N–H and O–H groups in total. The van der Waals surface area contributed by atoms with Crippen molar-refractivity contribution in [2.75, 3.05) is 30.7 Å². The Morgan fingerprint density at radius 3 is 3.19 bits per heavy atom. The van der Waals surface area contributed by atoms with Crippen molar-refractivity contribution < 1.29 is 0 Å². The number of anilines is 2. The first-order valence-electron chi connectivity index (χ1n) is 7.68. The van der Waals surface area contributed by atoms with E-state index in [2.05, 4.69) is 37.3 Å². The summed E-state index contributed by atoms with van der Waals surface area (Å²) in [6.45, 7) is 5.56. The number of hydrogen-bond donors (Lipinski definition) is 3. The summed E-state index contributed by atoms with van der Waals surface area (Å²) < 4.78 is 0. The maximum absolute atomic E-state index is 5.70. The molecule has 0 amide bonds. The normalized spacial score (nSPS) is 20.0. The van der Waals surface area contributed by atoms with Crippen molar-refractivity contribution >= 4 is 22.8 Å². The van der Waals surface area contributed by atoms with Gasteiger partial charge in [0.25, 0.3) is 0 Å². The lowest BCUT2D eigenvalue weighted by Crippen LogP contribution is -2.38. The number of nitrogens with two attached hydrogens (primary N) is 1. The van der Waals surface area contributed by atoms with Crippen molar-refractivity contribution in [1.82, 2.24) is 25.1 Å². The minimum Gasteiger partial charge on any atom is -0.369 e. The van der Waals surface area contributed by atoms with Crippen LogP contribution in [0.15, 0.2) is 6.20 Å². The van der Waals surface area contributed by atoms with Gasteiger partial charge in [0.1, 0.15) is 5.82 Å². The molecule has 3 heterocycles. The lowest BCUT2D eigenvalue weighted by atomic mass is 10.0. The molecule has 114 valence electrons. The van der Waals surface area contributed by atoms with Crippen LogP contribution in [0.2, 0.25) is 0 Å². The first-order chi connectivity index (χ1) is 10.2. The van der Waals surface area contributed by atoms with Crippen LogP contribution in [-0.4, -0.2) is 50.7 Å². The van der Waals surface area contributed by atoms with Gasteiger partial charge in [-0.2, -0.15) is 15.1 Å². The molecule has 0 aliphatic carbocycles. The van der Waals surface area contributed by atoms with Gasteiger partial charge >= 0.3 is 0 Å². The third-order valence-corrected chi connectivity index (χ3v) is 4.18. The zero-order valence-corrected chi connectivity index (χ0v) is 12.5. The zero-order valence-electron chi connectivity index (χ0n) is 12.5. The SMILES string of the molecule is CC1CCCCN1CCCNc1nc(N)nc2[nH]ncc12. The summed E-state index contributed by atoms with van der Waals surface area (Å²) in [5.74, 6) is 1.02. The number of nitrogen functional groups attached to an aromatic ring is 1. The molecular weight excluding hydrogens is 266 g/mol. The monoisotopic (exact) mass is 289 g/mol. The predicted molar refractivity (Wildman–Crippen MR) is 84.1 cm³/mol. The number of hydrogen-bond acceptors (Lipinski definition) is 6. The molecule has 1 aliphatic heterocycles. The van der Waals surface area contributed by atoms with E-state index in [1.54, 1.807) is 6.20 Å². The number of fused-ring (bicyclic) bond motifs is 1. The third kappa shape index (κ3) is 3.24. The van der Waals surface area contributed by atoms with E-state index in [0.29, 0.717) is 11.7 Å². The first-order valence-corrected chi connectivity index (χ1v) is 7.68. The Kier molecular flexibility index (Phi) is 4.19. The van der Waals surface area contributed by atoms with Crippen LogP contribution in [0.3, 0.4) is 0 Å². The minimum atomic E-state index is 0.263. The van der Waals surface area contributed by atoms with Crippen molar-refractivity contribution in [1.29, 1.82) is 0 Å². The van der Waals surface area contributed by atoms with E-state index in [4.69, 9.17) is 5.73 Å². The van der Waals surface area contributed by atoms with E-state index in [1.165, 1.54) is 25.8 Å². The molecule has 2 aromatic heterocycles. The lowest BCUT2D eigenvalue weighted by molar-refractivity contribution is 0.160. The van der Waals surface area contributed by atoms with E-state index in [9.17, 15) is 0 Å². The second kappa shape index (κ2) is 6.26. The predicted octanol–water partition coefficient (Wildman–Crippen LogP) is 1.61. The van der Waals surface area contributed by atoms with Crippen LogP contribution in [-0.2, 0) is 0 Å². The first kappa shape index (κ1) is 14.1. The molecular formula is C14H23N7. The molecule has 0 aromatic carbocycles. The minimum absolute atomic E-state index is 0.263. The number of aromatic amines is 1. The van der Waals surface area contributed by atoms with Gasteiger partial charge in [0.2, 0.25) is 5.95 Å². The largest absolute Gasteiger partial charge is 0.369 e. The van der Waals surface area contributed by atoms with Crippen molar-refractivity contribution in [2.24, 2.45) is 0 Å². The molecule has 0 saturated carbocycles. The molecule has 0 radical (unpaired) electrons. The molecule has 1 saturated heterocycles. The Balaban J connectivity index is 1.53. The highest BCUT2D eigenvalue weighted by Gasteiger charge is 2.17. The lowest BCUT2D eigenvalue weighted by Gasteiger charge is -2.33. The molecule has 2 aromatic rings. The molecule has 21 heavy (non-hydrogen) atoms. The van der Waals surface area contributed by atoms with Gasteiger partial charge in [0.05, 0.1) is 11.6 Å². The van der Waals surface area contributed by atoms with Crippen molar-refractivity contribution in [3.05, 3.63) is 6.20 Å². The fourth-order valence-corrected chi connectivity index (χ4v) is 2.97. The summed E-state index contributed by atoms with van der Waals surface area (Å²) in [7, 11) is 0. The Morgan fingerprint density at radius 1 is 1.43 bits per heavy atom. The van der Waals surface area contributed by atoms with E-state index in [0.717, 1.165) is 30.7 Å². The van der Waals surface area contributed by atoms with Gasteiger partial charge in [-0.3, -0.25) is 5.10 Å². The third-order valence-electron chi connectivity index (χ3n) is 4.18. The molecule has 7 nitrogen and oxygen atoms in total. The van der Waals surface area contributed by atoms with Crippen molar-refractivity contribution in [3.63, 3.8) is 0 Å². The van der Waals surface area contributed by atoms with Crippen LogP contribution >= 0.6 is 0 Å². The van der Waals surface area contributed by atoms with Crippen molar-refractivity contribution in [2.45, 2.75) is 38.6 Å². The molecule has 3 rings (SSSR count). The summed E-state index contributed by atoms with van der Waals surface area (Å²) in [5, 5.41) is 11.0. The Bertz CT molecular complexity index is 594. The van der Waals surface area contributed by atoms with Gasteiger partial charge in [-0.05, 0) is 32.7 Å². The van der Waals surface area contributed by atoms with Gasteiger partial charge in [-0.15, -0.1) is 0 Å². The molecule has 0 spiro atoms. The average Bonchev–Trinajstić information content (AvgIpc) is 2.93. The van der Waals surface area contributed by atoms with Crippen LogP contribution in [0.25, 0.3) is 11.0 Å². The quantitative estimate of drug-likeness (QED) is 0.724. The van der Waals surface area contributed by atoms with Crippen LogP contribution in [0.4, 0.5) is 11.8 Å². The average molecular weight is 289 g/mol. The zero-order chi connectivity index (χ0) is 14.7. The molecule has 0 bridgehead atoms. The maximum Gasteiger partial charge on any atom is 0.224 e. The van der Waals surface area contributed by atoms with Crippen LogP contribution in [0.5, 0.6) is 0 Å². The molecule has 7 heteroatoms. The van der Waals surface area contributed by atoms with Crippen LogP contribution < -0.4 is 11.1 Å². The van der Waals surface area contributed by atoms with Gasteiger partial charge in [0, 0.05) is 19.1 Å². The van der Waals surface area contributed by atoms with E-state index < -0.39 is 0 Å². The summed E-state index contributed by atoms with van der Waals surface area (Å²) in [6.07, 6.45) is 6.84. The summed E-state index contributed by atoms with van der Waals surface area (Å²) in [5.41, 5.74) is 6.38. The Hall–Kier alpha value is -1.89. The number of likely N-dealkylation sites (tertiary alicyclic amines) is 1. The molecule has 1 aliphatic rings. The Labute approximate surface area is 124 Å². The number of H-pyrrole nitrogens is 1. The highest BCUT2D eigenvalue weighted by atomic mass is 15.2. The van der Waals surface area contributed by atoms with Gasteiger partial charge in [-0.1, -0.05) is 6.42 Å². The fourth-order valence-electron chi connectivity index (χ4n) is 2.97. The van der Waals surface area contributed by atoms with Gasteiger partial charge in [-0.25, -0.2) is 0 Å². The van der Waals surface area contributed by atoms with E-state index in [-0.39, 0.29) is 5.95 Å². The number of rotatable bonds is 5. The maximum atomic E-state index is 5.70. The summed E-state index contributed by atoms with van der Waals surface area (Å²) >= 11 is 0. The molecule has 1 unspecified atom stereocenters. The molecule has 1 atom stereocenters. The van der Waals surface area contributed by atoms with E-state index in [1.807, 2.05) is 0 Å². The number of piperidine rings is 1. The standard InChI is InChI=1S/C14H23N7/c1-10-5-2-3-7-21(10)8-4-6-16-12-11-9-17-20-13(11)19-14(15)18-12/h9-10H,2-8H2,1H3,(H4,15,16,17,18,19,20). The Morgan fingerprint density at radius 2 is 2.33 bits per heavy atom. The second-order valence-corrected chi connectivity index (χ2v) is 5.72. The van der Waals surface area contributed by atoms with Crippen molar-refractivity contribution in [3.8, 4) is 0 Å². The number of nitrogens with zero attached hydrogens (tertiary/aromatic N) is 4. The summed E-state index contributed by atoms with van der Waals surface area (Å²) in [4.78, 5) is 10.9. The number of nitrogens with one attached hydrogen (secondary N) is 2. The number of aromatic nitrogens is 4. The second-order valence-electron chi connectivity index (χ2n) is 5.72. The van der Waals surface area contributed by atoms with Crippen LogP contribution in [0.1, 0.15) is 32.6 Å². The molecule has 1 fully saturated rings.